The Morgan fingerprint density at radius 3 is 1.64 bits per heavy atom. The average molecular weight is 606 g/mol. The lowest BCUT2D eigenvalue weighted by molar-refractivity contribution is -0.125. The molecule has 2 bridgehead atoms. The van der Waals surface area contributed by atoms with Crippen molar-refractivity contribution in [2.45, 2.75) is 11.8 Å². The number of anilines is 1. The average Bonchev–Trinajstić information content (AvgIpc) is 3.32. The second-order valence-corrected chi connectivity index (χ2v) is 11.3. The summed E-state index contributed by atoms with van der Waals surface area (Å²) in [4.78, 5) is 65.9. The summed E-state index contributed by atoms with van der Waals surface area (Å²) in [6, 6.07) is 28.1. The minimum absolute atomic E-state index is 0.128. The molecule has 0 spiro atoms. The molecule has 0 aromatic heterocycles. The topological polar surface area (TPSA) is 122 Å². The van der Waals surface area contributed by atoms with E-state index >= 15 is 0 Å². The van der Waals surface area contributed by atoms with E-state index in [4.69, 9.17) is 16.3 Å². The lowest BCUT2D eigenvalue weighted by atomic mass is 9.55. The van der Waals surface area contributed by atoms with Gasteiger partial charge >= 0.3 is 5.97 Å². The lowest BCUT2D eigenvalue weighted by Crippen LogP contribution is -2.43. The molecule has 0 unspecified atom stereocenters. The number of hydrogen-bond acceptors (Lipinski definition) is 6. The maximum atomic E-state index is 13.9. The monoisotopic (exact) mass is 605 g/mol. The third-order valence-corrected chi connectivity index (χ3v) is 8.82. The summed E-state index contributed by atoms with van der Waals surface area (Å²) in [6.45, 7) is -0.641. The molecule has 3 aliphatic carbocycles. The molecule has 4 aromatic rings. The number of carbonyl (C=O) groups is 5. The second kappa shape index (κ2) is 10.8. The summed E-state index contributed by atoms with van der Waals surface area (Å²) in [5.41, 5.74) is 9.54. The zero-order valence-electron chi connectivity index (χ0n) is 23.0. The van der Waals surface area contributed by atoms with Crippen LogP contribution in [-0.4, -0.2) is 36.2 Å². The van der Waals surface area contributed by atoms with E-state index in [1.54, 1.807) is 0 Å². The number of carbonyl (C=O) groups excluding carboxylic acids is 5. The van der Waals surface area contributed by atoms with Gasteiger partial charge in [0, 0.05) is 22.4 Å². The van der Waals surface area contributed by atoms with Gasteiger partial charge in [0.2, 0.25) is 11.8 Å². The van der Waals surface area contributed by atoms with Gasteiger partial charge in [0.05, 0.1) is 23.1 Å². The number of esters is 1. The largest absolute Gasteiger partial charge is 0.452 e. The predicted molar refractivity (Wildman–Crippen MR) is 160 cm³/mol. The van der Waals surface area contributed by atoms with Crippen LogP contribution in [0.4, 0.5) is 5.69 Å². The van der Waals surface area contributed by atoms with Gasteiger partial charge in [0.15, 0.2) is 6.61 Å². The van der Waals surface area contributed by atoms with Crippen molar-refractivity contribution in [1.82, 2.24) is 10.9 Å². The Kier molecular flexibility index (Phi) is 6.74. The van der Waals surface area contributed by atoms with Gasteiger partial charge in [-0.1, -0.05) is 60.1 Å². The Hall–Kier alpha value is -5.28. The number of hydrazine groups is 1. The van der Waals surface area contributed by atoms with Crippen LogP contribution in [-0.2, 0) is 19.1 Å². The summed E-state index contributed by atoms with van der Waals surface area (Å²) >= 11 is 5.81. The van der Waals surface area contributed by atoms with E-state index in [-0.39, 0.29) is 34.8 Å². The van der Waals surface area contributed by atoms with E-state index in [1.165, 1.54) is 53.4 Å². The van der Waals surface area contributed by atoms with E-state index in [2.05, 4.69) is 10.9 Å². The molecule has 1 fully saturated rings. The van der Waals surface area contributed by atoms with Crippen molar-refractivity contribution in [3.8, 4) is 0 Å². The zero-order chi connectivity index (χ0) is 30.5. The van der Waals surface area contributed by atoms with Crippen molar-refractivity contribution in [1.29, 1.82) is 0 Å². The van der Waals surface area contributed by atoms with Crippen molar-refractivity contribution >= 4 is 46.9 Å². The first-order valence-electron chi connectivity index (χ1n) is 14.0. The molecule has 8 rings (SSSR count). The van der Waals surface area contributed by atoms with Crippen LogP contribution in [0.15, 0.2) is 97.1 Å². The van der Waals surface area contributed by atoms with Crippen LogP contribution in [0, 0.1) is 11.8 Å². The molecule has 1 aliphatic heterocycles. The molecule has 0 radical (unpaired) electrons. The number of benzene rings is 4. The number of halogens is 1. The van der Waals surface area contributed by atoms with Gasteiger partial charge in [-0.2, -0.15) is 0 Å². The summed E-state index contributed by atoms with van der Waals surface area (Å²) in [6.07, 6.45) is 0. The lowest BCUT2D eigenvalue weighted by Gasteiger charge is -2.45. The number of nitrogens with one attached hydrogen (secondary N) is 2. The highest BCUT2D eigenvalue weighted by Gasteiger charge is 2.61. The van der Waals surface area contributed by atoms with Crippen LogP contribution in [0.3, 0.4) is 0 Å². The molecule has 4 aromatic carbocycles. The van der Waals surface area contributed by atoms with E-state index in [0.717, 1.165) is 22.3 Å². The highest BCUT2D eigenvalue weighted by molar-refractivity contribution is 6.30. The quantitative estimate of drug-likeness (QED) is 0.198. The fourth-order valence-electron chi connectivity index (χ4n) is 6.73. The maximum Gasteiger partial charge on any atom is 0.338 e. The molecule has 1 heterocycles. The fraction of sp³-hybridized carbons (Fsp3) is 0.147. The van der Waals surface area contributed by atoms with Crippen LogP contribution in [0.2, 0.25) is 5.02 Å². The van der Waals surface area contributed by atoms with Gasteiger partial charge in [0.25, 0.3) is 11.8 Å². The first-order valence-corrected chi connectivity index (χ1v) is 14.4. The van der Waals surface area contributed by atoms with Gasteiger partial charge in [-0.25, -0.2) is 9.69 Å². The molecule has 1 saturated heterocycles. The Balaban J connectivity index is 1.02. The smallest absolute Gasteiger partial charge is 0.338 e. The van der Waals surface area contributed by atoms with Crippen LogP contribution >= 0.6 is 11.6 Å². The van der Waals surface area contributed by atoms with Gasteiger partial charge in [-0.3, -0.25) is 30.0 Å². The number of ether oxygens (including phenoxy) is 1. The fourth-order valence-corrected chi connectivity index (χ4v) is 6.85. The van der Waals surface area contributed by atoms with Crippen molar-refractivity contribution in [2.75, 3.05) is 11.5 Å². The van der Waals surface area contributed by atoms with Gasteiger partial charge in [0.1, 0.15) is 0 Å². The number of nitrogens with zero attached hydrogens (tertiary/aromatic N) is 1. The van der Waals surface area contributed by atoms with Crippen molar-refractivity contribution in [3.63, 3.8) is 0 Å². The highest BCUT2D eigenvalue weighted by Crippen LogP contribution is 2.61. The first kappa shape index (κ1) is 27.5. The maximum absolute atomic E-state index is 13.9. The predicted octanol–water partition coefficient (Wildman–Crippen LogP) is 4.35. The summed E-state index contributed by atoms with van der Waals surface area (Å²) < 4.78 is 5.07. The highest BCUT2D eigenvalue weighted by atomic mass is 35.5. The van der Waals surface area contributed by atoms with E-state index in [9.17, 15) is 24.0 Å². The molecule has 44 heavy (non-hydrogen) atoms. The molecule has 4 amide bonds. The summed E-state index contributed by atoms with van der Waals surface area (Å²) in [5.74, 6) is -4.06. The Morgan fingerprint density at radius 2 is 1.14 bits per heavy atom. The van der Waals surface area contributed by atoms with E-state index in [0.29, 0.717) is 10.7 Å². The molecule has 2 N–H and O–H groups in total. The second-order valence-electron chi connectivity index (χ2n) is 10.9. The van der Waals surface area contributed by atoms with Crippen molar-refractivity contribution < 1.29 is 28.7 Å². The van der Waals surface area contributed by atoms with Crippen LogP contribution in [0.25, 0.3) is 0 Å². The van der Waals surface area contributed by atoms with Crippen LogP contribution in [0.1, 0.15) is 54.8 Å². The van der Waals surface area contributed by atoms with Gasteiger partial charge in [-0.15, -0.1) is 0 Å². The van der Waals surface area contributed by atoms with Crippen molar-refractivity contribution in [2.24, 2.45) is 11.8 Å². The minimum atomic E-state index is -0.785. The van der Waals surface area contributed by atoms with Crippen molar-refractivity contribution in [3.05, 3.63) is 135 Å². The molecule has 4 aliphatic rings. The molecule has 0 saturated carbocycles. The molecule has 10 heteroatoms. The summed E-state index contributed by atoms with van der Waals surface area (Å²) in [7, 11) is 0. The SMILES string of the molecule is O=C(COC(=O)c1ccc(N2C(=O)[C@@H]3C4c5ccccc5C(c5ccccc54)[C@H]3C2=O)cc1)NNC(=O)c1ccc(Cl)cc1. The van der Waals surface area contributed by atoms with Crippen LogP contribution in [0.5, 0.6) is 0 Å². The minimum Gasteiger partial charge on any atom is -0.452 e. The molecule has 2 atom stereocenters. The molecular formula is C34H24ClN3O6. The number of imide groups is 1. The molecular weight excluding hydrogens is 582 g/mol. The van der Waals surface area contributed by atoms with E-state index < -0.39 is 36.2 Å². The first-order chi connectivity index (χ1) is 21.3. The Morgan fingerprint density at radius 1 is 0.659 bits per heavy atom. The van der Waals surface area contributed by atoms with E-state index in [1.807, 2.05) is 48.5 Å². The Labute approximate surface area is 256 Å². The molecule has 218 valence electrons. The number of amides is 4. The van der Waals surface area contributed by atoms with Crippen LogP contribution < -0.4 is 15.8 Å². The van der Waals surface area contributed by atoms with Gasteiger partial charge in [-0.05, 0) is 70.8 Å². The zero-order valence-corrected chi connectivity index (χ0v) is 23.8. The molecule has 9 nitrogen and oxygen atoms in total. The third-order valence-electron chi connectivity index (χ3n) is 8.57. The third kappa shape index (κ3) is 4.44. The summed E-state index contributed by atoms with van der Waals surface area (Å²) in [5, 5.41) is 0.464. The normalized spacial score (nSPS) is 20.8. The number of rotatable bonds is 5. The van der Waals surface area contributed by atoms with Gasteiger partial charge < -0.3 is 4.74 Å². The Bertz CT molecular complexity index is 1740. The number of hydrogen-bond donors (Lipinski definition) is 2. The standard InChI is InChI=1S/C34H24ClN3O6/c35-20-13-9-18(10-14-20)31(40)37-36-26(39)17-44-34(43)19-11-15-21(16-12-19)38-32(41)29-27-22-5-1-2-6-23(22)28(30(29)33(38)42)25-8-4-3-7-24(25)27/h1-16,27-30H,17H2,(H,36,39)(H,37,40)/t27?,28?,29-,30-/m1/s1.